The highest BCUT2D eigenvalue weighted by Gasteiger charge is 2.31. The summed E-state index contributed by atoms with van der Waals surface area (Å²) in [5.41, 5.74) is 2.68. The number of nitrogens with zero attached hydrogens (tertiary/aromatic N) is 5. The molecule has 1 amide bonds. The second kappa shape index (κ2) is 8.93. The fraction of sp³-hybridized carbons (Fsp3) is 0.542. The van der Waals surface area contributed by atoms with Crippen LogP contribution in [-0.4, -0.2) is 65.2 Å². The minimum absolute atomic E-state index is 0.155. The molecule has 1 N–H and O–H groups in total. The average molecular weight is 424 g/mol. The van der Waals surface area contributed by atoms with E-state index < -0.39 is 11.5 Å². The number of rotatable bonds is 4. The summed E-state index contributed by atoms with van der Waals surface area (Å²) >= 11 is 0. The minimum atomic E-state index is -0.543. The number of aliphatic hydroxyl groups excluding tert-OH is 1. The van der Waals surface area contributed by atoms with Gasteiger partial charge in [-0.1, -0.05) is 32.9 Å². The third-order valence-corrected chi connectivity index (χ3v) is 6.13. The number of hydrogen-bond acceptors (Lipinski definition) is 6. The van der Waals surface area contributed by atoms with Gasteiger partial charge in [-0.3, -0.25) is 9.69 Å². The molecule has 1 saturated heterocycles. The Balaban J connectivity index is 1.39. The van der Waals surface area contributed by atoms with E-state index >= 15 is 0 Å². The highest BCUT2D eigenvalue weighted by molar-refractivity contribution is 5.98. The van der Waals surface area contributed by atoms with E-state index in [2.05, 4.69) is 25.8 Å². The lowest BCUT2D eigenvalue weighted by Crippen LogP contribution is -2.48. The smallest absolute Gasteiger partial charge is 0.232 e. The zero-order valence-electron chi connectivity index (χ0n) is 18.8. The Morgan fingerprint density at radius 3 is 2.48 bits per heavy atom. The van der Waals surface area contributed by atoms with Crippen molar-refractivity contribution >= 4 is 17.5 Å². The van der Waals surface area contributed by atoms with E-state index in [1.807, 2.05) is 43.9 Å². The fourth-order valence-corrected chi connectivity index (χ4v) is 4.38. The van der Waals surface area contributed by atoms with Crippen LogP contribution in [0.15, 0.2) is 36.7 Å². The molecule has 4 rings (SSSR count). The predicted molar refractivity (Wildman–Crippen MR) is 122 cm³/mol. The van der Waals surface area contributed by atoms with E-state index in [1.54, 1.807) is 12.4 Å². The number of fused-ring (bicyclic) bond motifs is 1. The number of aryl methyl sites for hydroxylation is 1. The molecule has 2 aliphatic heterocycles. The van der Waals surface area contributed by atoms with Gasteiger partial charge in [-0.25, -0.2) is 9.97 Å². The Morgan fingerprint density at radius 2 is 1.81 bits per heavy atom. The van der Waals surface area contributed by atoms with E-state index in [4.69, 9.17) is 0 Å². The van der Waals surface area contributed by atoms with Gasteiger partial charge in [0.05, 0.1) is 6.10 Å². The molecule has 0 spiro atoms. The molecule has 1 aromatic heterocycles. The molecule has 0 bridgehead atoms. The lowest BCUT2D eigenvalue weighted by atomic mass is 9.91. The standard InChI is InChI=1S/C24H33N5O2/c1-24(2,3)22(31)29-11-4-6-18-16-19(7-8-20(18)29)21(30)17-27-12-14-28(15-13-27)23-25-9-5-10-26-23/h5,7-10,16,21,30H,4,6,11-15,17H2,1-3H3. The Hall–Kier alpha value is -2.51. The fourth-order valence-electron chi connectivity index (χ4n) is 4.38. The van der Waals surface area contributed by atoms with Crippen LogP contribution in [0.2, 0.25) is 0 Å². The zero-order chi connectivity index (χ0) is 22.0. The number of aliphatic hydroxyl groups is 1. The van der Waals surface area contributed by atoms with Gasteiger partial charge in [0.2, 0.25) is 11.9 Å². The molecule has 1 unspecified atom stereocenters. The van der Waals surface area contributed by atoms with Gasteiger partial charge in [0.1, 0.15) is 0 Å². The molecule has 3 heterocycles. The number of anilines is 2. The normalized spacial score (nSPS) is 18.6. The quantitative estimate of drug-likeness (QED) is 0.815. The van der Waals surface area contributed by atoms with Gasteiger partial charge in [0.25, 0.3) is 0 Å². The summed E-state index contributed by atoms with van der Waals surface area (Å²) in [4.78, 5) is 27.9. The molecule has 0 aliphatic carbocycles. The summed E-state index contributed by atoms with van der Waals surface area (Å²) in [6, 6.07) is 7.91. The van der Waals surface area contributed by atoms with Crippen LogP contribution in [0.5, 0.6) is 0 Å². The second-order valence-corrected chi connectivity index (χ2v) is 9.55. The van der Waals surface area contributed by atoms with Crippen molar-refractivity contribution < 1.29 is 9.90 Å². The zero-order valence-corrected chi connectivity index (χ0v) is 18.8. The molecule has 31 heavy (non-hydrogen) atoms. The number of piperazine rings is 1. The van der Waals surface area contributed by atoms with Crippen LogP contribution in [-0.2, 0) is 11.2 Å². The molecular formula is C24H33N5O2. The third kappa shape index (κ3) is 4.88. The van der Waals surface area contributed by atoms with E-state index in [0.29, 0.717) is 6.54 Å². The first-order valence-corrected chi connectivity index (χ1v) is 11.2. The van der Waals surface area contributed by atoms with Gasteiger partial charge in [-0.05, 0) is 36.1 Å². The molecule has 1 atom stereocenters. The van der Waals surface area contributed by atoms with Gasteiger partial charge in [-0.15, -0.1) is 0 Å². The van der Waals surface area contributed by atoms with Gasteiger partial charge < -0.3 is 14.9 Å². The number of amides is 1. The minimum Gasteiger partial charge on any atom is -0.387 e. The number of β-amino-alcohol motifs (C(OH)–C–C–N with tert-alkyl or cyclic N) is 1. The Bertz CT molecular complexity index is 904. The maximum absolute atomic E-state index is 12.8. The Labute approximate surface area is 184 Å². The summed E-state index contributed by atoms with van der Waals surface area (Å²) in [5.74, 6) is 0.925. The van der Waals surface area contributed by atoms with Crippen molar-refractivity contribution in [3.63, 3.8) is 0 Å². The van der Waals surface area contributed by atoms with Gasteiger partial charge >= 0.3 is 0 Å². The summed E-state index contributed by atoms with van der Waals surface area (Å²) in [5, 5.41) is 10.9. The van der Waals surface area contributed by atoms with Gasteiger partial charge in [0.15, 0.2) is 0 Å². The third-order valence-electron chi connectivity index (χ3n) is 6.13. The van der Waals surface area contributed by atoms with Gasteiger partial charge in [0, 0.05) is 62.8 Å². The van der Waals surface area contributed by atoms with Crippen LogP contribution >= 0.6 is 0 Å². The van der Waals surface area contributed by atoms with Crippen molar-refractivity contribution in [1.82, 2.24) is 14.9 Å². The molecule has 2 aliphatic rings. The van der Waals surface area contributed by atoms with Crippen LogP contribution < -0.4 is 9.80 Å². The predicted octanol–water partition coefficient (Wildman–Crippen LogP) is 2.66. The number of hydrogen-bond donors (Lipinski definition) is 1. The van der Waals surface area contributed by atoms with Crippen molar-refractivity contribution in [2.24, 2.45) is 5.41 Å². The SMILES string of the molecule is CC(C)(C)C(=O)N1CCCc2cc(C(O)CN3CCN(c4ncccn4)CC3)ccc21. The van der Waals surface area contributed by atoms with Crippen LogP contribution in [0, 0.1) is 5.41 Å². The summed E-state index contributed by atoms with van der Waals surface area (Å²) < 4.78 is 0. The van der Waals surface area contributed by atoms with Crippen LogP contribution in [0.4, 0.5) is 11.6 Å². The molecule has 1 fully saturated rings. The highest BCUT2D eigenvalue weighted by atomic mass is 16.3. The number of carbonyl (C=O) groups excluding carboxylic acids is 1. The second-order valence-electron chi connectivity index (χ2n) is 9.55. The van der Waals surface area contributed by atoms with E-state index in [9.17, 15) is 9.90 Å². The maximum Gasteiger partial charge on any atom is 0.232 e. The number of aromatic nitrogens is 2. The molecular weight excluding hydrogens is 390 g/mol. The van der Waals surface area contributed by atoms with Crippen molar-refractivity contribution in [2.75, 3.05) is 49.1 Å². The monoisotopic (exact) mass is 423 g/mol. The summed E-state index contributed by atoms with van der Waals surface area (Å²) in [7, 11) is 0. The average Bonchev–Trinajstić information content (AvgIpc) is 2.78. The number of benzene rings is 1. The lowest BCUT2D eigenvalue weighted by Gasteiger charge is -2.36. The molecule has 7 heteroatoms. The lowest BCUT2D eigenvalue weighted by molar-refractivity contribution is -0.125. The molecule has 7 nitrogen and oxygen atoms in total. The molecule has 166 valence electrons. The molecule has 1 aromatic carbocycles. The molecule has 0 saturated carbocycles. The van der Waals surface area contributed by atoms with Crippen LogP contribution in [0.1, 0.15) is 44.4 Å². The van der Waals surface area contributed by atoms with Crippen LogP contribution in [0.25, 0.3) is 0 Å². The summed E-state index contributed by atoms with van der Waals surface area (Å²) in [6.45, 7) is 10.7. The highest BCUT2D eigenvalue weighted by Crippen LogP contribution is 2.33. The van der Waals surface area contributed by atoms with Crippen molar-refractivity contribution in [3.8, 4) is 0 Å². The first kappa shape index (κ1) is 21.7. The number of carbonyl (C=O) groups is 1. The molecule has 2 aromatic rings. The topological polar surface area (TPSA) is 72.8 Å². The van der Waals surface area contributed by atoms with Crippen molar-refractivity contribution in [2.45, 2.75) is 39.7 Å². The molecule has 0 radical (unpaired) electrons. The van der Waals surface area contributed by atoms with Crippen molar-refractivity contribution in [1.29, 1.82) is 0 Å². The first-order valence-electron chi connectivity index (χ1n) is 11.2. The van der Waals surface area contributed by atoms with Gasteiger partial charge in [-0.2, -0.15) is 0 Å². The Kier molecular flexibility index (Phi) is 6.25. The van der Waals surface area contributed by atoms with E-state index in [-0.39, 0.29) is 5.91 Å². The summed E-state index contributed by atoms with van der Waals surface area (Å²) in [6.07, 6.45) is 4.89. The van der Waals surface area contributed by atoms with E-state index in [0.717, 1.165) is 68.3 Å². The largest absolute Gasteiger partial charge is 0.387 e. The first-order chi connectivity index (χ1) is 14.8. The van der Waals surface area contributed by atoms with Crippen molar-refractivity contribution in [3.05, 3.63) is 47.8 Å². The maximum atomic E-state index is 12.8. The van der Waals surface area contributed by atoms with E-state index in [1.165, 1.54) is 0 Å². The van der Waals surface area contributed by atoms with Crippen LogP contribution in [0.3, 0.4) is 0 Å². The Morgan fingerprint density at radius 1 is 1.10 bits per heavy atom.